The van der Waals surface area contributed by atoms with E-state index in [1.165, 1.54) is 29.5 Å². The number of benzene rings is 1. The molecule has 1 aliphatic heterocycles. The third-order valence-corrected chi connectivity index (χ3v) is 7.48. The number of amides is 1. The van der Waals surface area contributed by atoms with Crippen LogP contribution in [0.25, 0.3) is 0 Å². The second-order valence-corrected chi connectivity index (χ2v) is 9.69. The zero-order valence-electron chi connectivity index (χ0n) is 16.7. The number of aryl methyl sites for hydroxylation is 1. The molecule has 1 fully saturated rings. The summed E-state index contributed by atoms with van der Waals surface area (Å²) in [6, 6.07) is 4.12. The Morgan fingerprint density at radius 2 is 1.97 bits per heavy atom. The van der Waals surface area contributed by atoms with Crippen molar-refractivity contribution in [3.8, 4) is 0 Å². The van der Waals surface area contributed by atoms with Crippen LogP contribution < -0.4 is 4.90 Å². The summed E-state index contributed by atoms with van der Waals surface area (Å²) >= 11 is 13.3. The number of aromatic nitrogens is 1. The number of anilines is 1. The third-order valence-electron chi connectivity index (χ3n) is 5.83. The molecule has 0 bridgehead atoms. The summed E-state index contributed by atoms with van der Waals surface area (Å²) in [4.78, 5) is 23.1. The molecule has 1 amide bonds. The maximum absolute atomic E-state index is 14.3. The van der Waals surface area contributed by atoms with Gasteiger partial charge >= 0.3 is 6.18 Å². The molecule has 166 valence electrons. The van der Waals surface area contributed by atoms with E-state index in [-0.39, 0.29) is 41.0 Å². The molecule has 1 saturated heterocycles. The summed E-state index contributed by atoms with van der Waals surface area (Å²) in [5.41, 5.74) is -0.510. The topological polar surface area (TPSA) is 45.6 Å². The second-order valence-electron chi connectivity index (χ2n) is 7.84. The zero-order chi connectivity index (χ0) is 22.4. The van der Waals surface area contributed by atoms with Gasteiger partial charge in [0, 0.05) is 29.6 Å². The molecule has 4 rings (SSSR count). The lowest BCUT2D eigenvalue weighted by Gasteiger charge is -2.32. The van der Waals surface area contributed by atoms with Gasteiger partial charge in [-0.15, -0.1) is 0 Å². The largest absolute Gasteiger partial charge is 0.400 e. The van der Waals surface area contributed by atoms with Crippen LogP contribution in [0.3, 0.4) is 0 Å². The Hall–Kier alpha value is -1.64. The molecule has 0 radical (unpaired) electrons. The quantitative estimate of drug-likeness (QED) is 0.513. The molecule has 10 heteroatoms. The van der Waals surface area contributed by atoms with E-state index in [1.807, 2.05) is 0 Å². The first-order chi connectivity index (χ1) is 14.6. The van der Waals surface area contributed by atoms with Crippen LogP contribution in [0.5, 0.6) is 0 Å². The molecule has 1 unspecified atom stereocenters. The number of carbonyl (C=O) groups excluding carboxylic acids is 1. The van der Waals surface area contributed by atoms with Gasteiger partial charge in [-0.3, -0.25) is 4.79 Å². The molecule has 2 aliphatic rings. The molecule has 1 aromatic heterocycles. The van der Waals surface area contributed by atoms with Crippen molar-refractivity contribution >= 4 is 51.3 Å². The summed E-state index contributed by atoms with van der Waals surface area (Å²) in [5, 5.41) is 0.884. The van der Waals surface area contributed by atoms with Gasteiger partial charge in [0.25, 0.3) is 0 Å². The lowest BCUT2D eigenvalue weighted by Crippen LogP contribution is -2.44. The summed E-state index contributed by atoms with van der Waals surface area (Å²) in [6.45, 7) is 1.69. The Morgan fingerprint density at radius 3 is 2.61 bits per heavy atom. The number of alkyl halides is 3. The lowest BCUT2D eigenvalue weighted by atomic mass is 9.79. The Morgan fingerprint density at radius 1 is 1.26 bits per heavy atom. The maximum Gasteiger partial charge on any atom is 0.400 e. The van der Waals surface area contributed by atoms with Crippen LogP contribution in [0.15, 0.2) is 23.2 Å². The first kappa shape index (κ1) is 22.6. The number of halogens is 5. The maximum atomic E-state index is 14.3. The second kappa shape index (κ2) is 8.37. The number of thiazole rings is 1. The molecular formula is C21H20Cl2F3N3OS. The smallest absolute Gasteiger partial charge is 0.347 e. The molecule has 2 heterocycles. The molecule has 1 aliphatic carbocycles. The fourth-order valence-corrected chi connectivity index (χ4v) is 5.86. The van der Waals surface area contributed by atoms with Crippen LogP contribution in [-0.2, 0) is 16.6 Å². The summed E-state index contributed by atoms with van der Waals surface area (Å²) in [5.74, 6) is -0.201. The van der Waals surface area contributed by atoms with E-state index in [4.69, 9.17) is 23.2 Å². The van der Waals surface area contributed by atoms with Crippen LogP contribution in [0.4, 0.5) is 18.3 Å². The predicted molar refractivity (Wildman–Crippen MR) is 118 cm³/mol. The number of hydrogen-bond acceptors (Lipinski definition) is 4. The van der Waals surface area contributed by atoms with Gasteiger partial charge in [0.2, 0.25) is 5.91 Å². The van der Waals surface area contributed by atoms with E-state index >= 15 is 0 Å². The fourth-order valence-electron chi connectivity index (χ4n) is 4.18. The summed E-state index contributed by atoms with van der Waals surface area (Å²) in [6.07, 6.45) is -2.06. The average Bonchev–Trinajstić information content (AvgIpc) is 3.32. The SMILES string of the molecule is CCC(=O)N=C1CCCc2nc(N3CCC(c4cc(Cl)cc(Cl)c4)(C(F)(F)F)C3)sc21. The third kappa shape index (κ3) is 4.22. The number of rotatable bonds is 3. The highest BCUT2D eigenvalue weighted by molar-refractivity contribution is 7.17. The average molecular weight is 490 g/mol. The Balaban J connectivity index is 1.69. The van der Waals surface area contributed by atoms with Crippen molar-refractivity contribution in [1.29, 1.82) is 0 Å². The van der Waals surface area contributed by atoms with Crippen molar-refractivity contribution in [2.24, 2.45) is 4.99 Å². The van der Waals surface area contributed by atoms with Gasteiger partial charge in [-0.1, -0.05) is 41.5 Å². The highest BCUT2D eigenvalue weighted by Crippen LogP contribution is 2.50. The van der Waals surface area contributed by atoms with E-state index in [9.17, 15) is 18.0 Å². The van der Waals surface area contributed by atoms with Gasteiger partial charge in [0.1, 0.15) is 5.41 Å². The molecule has 1 atom stereocenters. The van der Waals surface area contributed by atoms with Crippen LogP contribution in [0.2, 0.25) is 10.0 Å². The standard InChI is InChI=1S/C21H20Cl2F3N3OS/c1-2-17(30)27-15-4-3-5-16-18(15)31-19(28-16)29-7-6-20(11-29,21(24,25)26)12-8-13(22)10-14(23)9-12/h8-10H,2-7,11H2,1H3. The Labute approximate surface area is 192 Å². The van der Waals surface area contributed by atoms with Crippen molar-refractivity contribution in [1.82, 2.24) is 4.98 Å². The highest BCUT2D eigenvalue weighted by Gasteiger charge is 2.59. The van der Waals surface area contributed by atoms with E-state index in [2.05, 4.69) is 9.98 Å². The number of aliphatic imine (C=N–C) groups is 1. The molecule has 1 aromatic carbocycles. The van der Waals surface area contributed by atoms with Gasteiger partial charge < -0.3 is 4.90 Å². The van der Waals surface area contributed by atoms with E-state index < -0.39 is 11.6 Å². The number of fused-ring (bicyclic) bond motifs is 1. The van der Waals surface area contributed by atoms with Gasteiger partial charge in [-0.2, -0.15) is 13.2 Å². The lowest BCUT2D eigenvalue weighted by molar-refractivity contribution is -0.184. The van der Waals surface area contributed by atoms with Gasteiger partial charge in [-0.05, 0) is 49.4 Å². The molecule has 0 spiro atoms. The molecule has 0 N–H and O–H groups in total. The van der Waals surface area contributed by atoms with Crippen molar-refractivity contribution in [2.75, 3.05) is 18.0 Å². The molecule has 31 heavy (non-hydrogen) atoms. The monoisotopic (exact) mass is 489 g/mol. The first-order valence-corrected chi connectivity index (χ1v) is 11.6. The fraction of sp³-hybridized carbons (Fsp3) is 0.476. The first-order valence-electron chi connectivity index (χ1n) is 10.0. The van der Waals surface area contributed by atoms with Gasteiger partial charge in [0.05, 0.1) is 16.3 Å². The minimum atomic E-state index is -4.48. The molecule has 0 saturated carbocycles. The minimum absolute atomic E-state index is 0.0668. The summed E-state index contributed by atoms with van der Waals surface area (Å²) in [7, 11) is 0. The van der Waals surface area contributed by atoms with Crippen molar-refractivity contribution < 1.29 is 18.0 Å². The summed E-state index contributed by atoms with van der Waals surface area (Å²) < 4.78 is 43.0. The van der Waals surface area contributed by atoms with Crippen LogP contribution in [0, 0.1) is 0 Å². The van der Waals surface area contributed by atoms with Crippen LogP contribution in [-0.4, -0.2) is 35.9 Å². The van der Waals surface area contributed by atoms with Crippen LogP contribution in [0.1, 0.15) is 48.7 Å². The van der Waals surface area contributed by atoms with Crippen molar-refractivity contribution in [3.63, 3.8) is 0 Å². The van der Waals surface area contributed by atoms with E-state index in [0.29, 0.717) is 23.7 Å². The molecule has 4 nitrogen and oxygen atoms in total. The number of nitrogens with zero attached hydrogens (tertiary/aromatic N) is 3. The van der Waals surface area contributed by atoms with Gasteiger partial charge in [0.15, 0.2) is 5.13 Å². The normalized spacial score (nSPS) is 22.8. The Bertz CT molecular complexity index is 1030. The van der Waals surface area contributed by atoms with E-state index in [1.54, 1.807) is 11.8 Å². The number of carbonyl (C=O) groups is 1. The molecule has 2 aromatic rings. The predicted octanol–water partition coefficient (Wildman–Crippen LogP) is 6.22. The zero-order valence-corrected chi connectivity index (χ0v) is 19.1. The molecular weight excluding hydrogens is 470 g/mol. The van der Waals surface area contributed by atoms with Gasteiger partial charge in [-0.25, -0.2) is 9.98 Å². The van der Waals surface area contributed by atoms with Crippen molar-refractivity contribution in [3.05, 3.63) is 44.4 Å². The Kier molecular flexibility index (Phi) is 6.09. The minimum Gasteiger partial charge on any atom is -0.347 e. The highest BCUT2D eigenvalue weighted by atomic mass is 35.5. The van der Waals surface area contributed by atoms with E-state index in [0.717, 1.165) is 23.4 Å². The number of hydrogen-bond donors (Lipinski definition) is 0. The van der Waals surface area contributed by atoms with Crippen molar-refractivity contribution in [2.45, 2.75) is 50.6 Å². The van der Waals surface area contributed by atoms with Crippen LogP contribution >= 0.6 is 34.5 Å².